The zero-order valence-electron chi connectivity index (χ0n) is 12.1. The van der Waals surface area contributed by atoms with Gasteiger partial charge in [0.25, 0.3) is 0 Å². The normalized spacial score (nSPS) is 20.7. The van der Waals surface area contributed by atoms with Crippen molar-refractivity contribution in [2.75, 3.05) is 0 Å². The minimum absolute atomic E-state index is 0.0239. The molecule has 0 saturated heterocycles. The fourth-order valence-electron chi connectivity index (χ4n) is 3.32. The Morgan fingerprint density at radius 3 is 2.50 bits per heavy atom. The van der Waals surface area contributed by atoms with Gasteiger partial charge in [-0.3, -0.25) is 4.79 Å². The van der Waals surface area contributed by atoms with Gasteiger partial charge >= 0.3 is 0 Å². The molecule has 1 unspecified atom stereocenters. The van der Waals surface area contributed by atoms with Crippen LogP contribution in [-0.4, -0.2) is 11.9 Å². The van der Waals surface area contributed by atoms with Gasteiger partial charge in [-0.05, 0) is 24.3 Å². The van der Waals surface area contributed by atoms with Crippen LogP contribution in [-0.2, 0) is 4.79 Å². The number of hydrogen-bond acceptors (Lipinski definition) is 2. The highest BCUT2D eigenvalue weighted by molar-refractivity contribution is 5.93. The first kappa shape index (κ1) is 13.2. The highest BCUT2D eigenvalue weighted by atomic mass is 16.5. The predicted molar refractivity (Wildman–Crippen MR) is 81.0 cm³/mol. The Morgan fingerprint density at radius 2 is 1.80 bits per heavy atom. The van der Waals surface area contributed by atoms with Crippen LogP contribution in [0.2, 0.25) is 0 Å². The van der Waals surface area contributed by atoms with Crippen LogP contribution in [0.1, 0.15) is 33.1 Å². The molecule has 1 atom stereocenters. The van der Waals surface area contributed by atoms with Crippen molar-refractivity contribution in [3.63, 3.8) is 0 Å². The molecule has 0 spiro atoms. The summed E-state index contributed by atoms with van der Waals surface area (Å²) in [5, 5.41) is 2.30. The summed E-state index contributed by atoms with van der Waals surface area (Å²) in [4.78, 5) is 12.0. The standard InChI is InChI=1S/C18H20O2/c1-3-18(4-2)16(19)12-17(18)20-15-11-7-9-13-8-5-6-10-14(13)15/h5-11,17H,3-4,12H2,1-2H3. The van der Waals surface area contributed by atoms with E-state index in [1.807, 2.05) is 24.3 Å². The molecule has 0 aliphatic heterocycles. The Labute approximate surface area is 119 Å². The van der Waals surface area contributed by atoms with Crippen molar-refractivity contribution < 1.29 is 9.53 Å². The number of benzene rings is 2. The monoisotopic (exact) mass is 268 g/mol. The lowest BCUT2D eigenvalue weighted by Crippen LogP contribution is -2.56. The Bertz CT molecular complexity index is 635. The molecule has 3 rings (SSSR count). The van der Waals surface area contributed by atoms with Crippen molar-refractivity contribution in [2.24, 2.45) is 5.41 Å². The first-order chi connectivity index (χ1) is 9.71. The van der Waals surface area contributed by atoms with Gasteiger partial charge in [0, 0.05) is 11.8 Å². The maximum atomic E-state index is 12.0. The second kappa shape index (κ2) is 4.93. The summed E-state index contributed by atoms with van der Waals surface area (Å²) in [6.07, 6.45) is 2.29. The molecular formula is C18H20O2. The molecule has 2 aromatic carbocycles. The van der Waals surface area contributed by atoms with Gasteiger partial charge < -0.3 is 4.74 Å². The molecule has 1 aliphatic rings. The molecule has 0 radical (unpaired) electrons. The molecule has 20 heavy (non-hydrogen) atoms. The second-order valence-electron chi connectivity index (χ2n) is 5.57. The summed E-state index contributed by atoms with van der Waals surface area (Å²) >= 11 is 0. The molecular weight excluding hydrogens is 248 g/mol. The molecule has 2 aromatic rings. The van der Waals surface area contributed by atoms with Gasteiger partial charge in [0.15, 0.2) is 0 Å². The van der Waals surface area contributed by atoms with Gasteiger partial charge in [-0.2, -0.15) is 0 Å². The summed E-state index contributed by atoms with van der Waals surface area (Å²) in [6.45, 7) is 4.17. The van der Waals surface area contributed by atoms with Crippen molar-refractivity contribution in [1.29, 1.82) is 0 Å². The fourth-order valence-corrected chi connectivity index (χ4v) is 3.32. The average molecular weight is 268 g/mol. The Balaban J connectivity index is 1.93. The van der Waals surface area contributed by atoms with Crippen LogP contribution in [0.3, 0.4) is 0 Å². The number of rotatable bonds is 4. The van der Waals surface area contributed by atoms with Crippen LogP contribution < -0.4 is 4.74 Å². The molecule has 0 bridgehead atoms. The number of carbonyl (C=O) groups excluding carboxylic acids is 1. The molecule has 0 N–H and O–H groups in total. The minimum atomic E-state index is -0.267. The first-order valence-electron chi connectivity index (χ1n) is 7.39. The number of hydrogen-bond donors (Lipinski definition) is 0. The lowest BCUT2D eigenvalue weighted by Gasteiger charge is -2.46. The molecule has 0 heterocycles. The number of Topliss-reactive ketones (excluding diaryl/α,β-unsaturated/α-hetero) is 1. The van der Waals surface area contributed by atoms with Crippen LogP contribution >= 0.6 is 0 Å². The molecule has 1 fully saturated rings. The number of fused-ring (bicyclic) bond motifs is 1. The Morgan fingerprint density at radius 1 is 1.10 bits per heavy atom. The SMILES string of the molecule is CCC1(CC)C(=O)CC1Oc1cccc2ccccc12. The molecule has 0 aromatic heterocycles. The van der Waals surface area contributed by atoms with Crippen molar-refractivity contribution in [3.8, 4) is 5.75 Å². The topological polar surface area (TPSA) is 26.3 Å². The smallest absolute Gasteiger partial charge is 0.146 e. The molecule has 2 nitrogen and oxygen atoms in total. The minimum Gasteiger partial charge on any atom is -0.488 e. The number of ketones is 1. The number of carbonyl (C=O) groups is 1. The van der Waals surface area contributed by atoms with Crippen LogP contribution in [0.4, 0.5) is 0 Å². The molecule has 104 valence electrons. The van der Waals surface area contributed by atoms with Gasteiger partial charge in [0.05, 0.1) is 5.41 Å². The zero-order chi connectivity index (χ0) is 14.2. The highest BCUT2D eigenvalue weighted by Crippen LogP contribution is 2.46. The summed E-state index contributed by atoms with van der Waals surface area (Å²) in [7, 11) is 0. The second-order valence-corrected chi connectivity index (χ2v) is 5.57. The Hall–Kier alpha value is -1.83. The Kier molecular flexibility index (Phi) is 3.25. The van der Waals surface area contributed by atoms with Crippen molar-refractivity contribution in [1.82, 2.24) is 0 Å². The van der Waals surface area contributed by atoms with Crippen LogP contribution in [0, 0.1) is 5.41 Å². The van der Waals surface area contributed by atoms with Crippen LogP contribution in [0.25, 0.3) is 10.8 Å². The lowest BCUT2D eigenvalue weighted by atomic mass is 9.61. The van der Waals surface area contributed by atoms with Crippen LogP contribution in [0.15, 0.2) is 42.5 Å². The summed E-state index contributed by atoms with van der Waals surface area (Å²) < 4.78 is 6.21. The van der Waals surface area contributed by atoms with Gasteiger partial charge in [-0.25, -0.2) is 0 Å². The lowest BCUT2D eigenvalue weighted by molar-refractivity contribution is -0.153. The summed E-state index contributed by atoms with van der Waals surface area (Å²) in [5.74, 6) is 1.25. The van der Waals surface area contributed by atoms with E-state index in [1.54, 1.807) is 0 Å². The first-order valence-corrected chi connectivity index (χ1v) is 7.39. The van der Waals surface area contributed by atoms with Crippen molar-refractivity contribution in [2.45, 2.75) is 39.2 Å². The van der Waals surface area contributed by atoms with E-state index in [2.05, 4.69) is 32.0 Å². The predicted octanol–water partition coefficient (Wildman–Crippen LogP) is 4.37. The van der Waals surface area contributed by atoms with Crippen molar-refractivity contribution >= 4 is 16.6 Å². The molecule has 1 aliphatic carbocycles. The quantitative estimate of drug-likeness (QED) is 0.823. The fraction of sp³-hybridized carbons (Fsp3) is 0.389. The van der Waals surface area contributed by atoms with Crippen LogP contribution in [0.5, 0.6) is 5.75 Å². The number of ether oxygens (including phenoxy) is 1. The molecule has 2 heteroatoms. The van der Waals surface area contributed by atoms with Gasteiger partial charge in [0.1, 0.15) is 17.6 Å². The molecule has 0 amide bonds. The third-order valence-electron chi connectivity index (χ3n) is 4.82. The maximum absolute atomic E-state index is 12.0. The van der Waals surface area contributed by atoms with E-state index in [0.29, 0.717) is 12.2 Å². The largest absolute Gasteiger partial charge is 0.488 e. The van der Waals surface area contributed by atoms with E-state index in [4.69, 9.17) is 4.74 Å². The summed E-state index contributed by atoms with van der Waals surface area (Å²) in [6, 6.07) is 14.3. The maximum Gasteiger partial charge on any atom is 0.146 e. The van der Waals surface area contributed by atoms with E-state index in [1.165, 1.54) is 5.39 Å². The van der Waals surface area contributed by atoms with Gasteiger partial charge in [-0.1, -0.05) is 50.2 Å². The van der Waals surface area contributed by atoms with E-state index in [-0.39, 0.29) is 11.5 Å². The van der Waals surface area contributed by atoms with Crippen molar-refractivity contribution in [3.05, 3.63) is 42.5 Å². The van der Waals surface area contributed by atoms with E-state index < -0.39 is 0 Å². The van der Waals surface area contributed by atoms with E-state index in [9.17, 15) is 4.79 Å². The van der Waals surface area contributed by atoms with Gasteiger partial charge in [0.2, 0.25) is 0 Å². The van der Waals surface area contributed by atoms with Gasteiger partial charge in [-0.15, -0.1) is 0 Å². The summed E-state index contributed by atoms with van der Waals surface area (Å²) in [5.41, 5.74) is -0.267. The third kappa shape index (κ3) is 1.82. The molecule has 1 saturated carbocycles. The highest BCUT2D eigenvalue weighted by Gasteiger charge is 2.53. The zero-order valence-corrected chi connectivity index (χ0v) is 12.1. The third-order valence-corrected chi connectivity index (χ3v) is 4.82. The average Bonchev–Trinajstić information content (AvgIpc) is 2.48. The van der Waals surface area contributed by atoms with E-state index in [0.717, 1.165) is 24.0 Å². The van der Waals surface area contributed by atoms with E-state index >= 15 is 0 Å².